The fraction of sp³-hybridized carbons (Fsp3) is 0.630. The first kappa shape index (κ1) is 20.0. The number of anilines is 1. The summed E-state index contributed by atoms with van der Waals surface area (Å²) in [5.41, 5.74) is 3.91. The molecule has 1 aromatic carbocycles. The summed E-state index contributed by atoms with van der Waals surface area (Å²) < 4.78 is 0. The summed E-state index contributed by atoms with van der Waals surface area (Å²) in [6, 6.07) is 9.05. The highest BCUT2D eigenvalue weighted by Gasteiger charge is 2.62. The van der Waals surface area contributed by atoms with E-state index in [-0.39, 0.29) is 10.8 Å². The summed E-state index contributed by atoms with van der Waals surface area (Å²) in [6.07, 6.45) is 8.61. The smallest absolute Gasteiger partial charge is 0.155 e. The van der Waals surface area contributed by atoms with Crippen molar-refractivity contribution in [2.45, 2.75) is 64.7 Å². The first-order valence-corrected chi connectivity index (χ1v) is 11.8. The van der Waals surface area contributed by atoms with Crippen molar-refractivity contribution in [1.82, 2.24) is 0 Å². The molecular weight excluding hydrogens is 370 g/mol. The molecule has 4 aliphatic carbocycles. The average molecular weight is 406 g/mol. The van der Waals surface area contributed by atoms with Crippen LogP contribution in [0.15, 0.2) is 35.9 Å². The number of Topliss-reactive ketones (excluding diaryl/α,β-unsaturated/α-hetero) is 1. The van der Waals surface area contributed by atoms with Gasteiger partial charge in [0.15, 0.2) is 5.78 Å². The van der Waals surface area contributed by atoms with Crippen molar-refractivity contribution in [2.24, 2.45) is 28.6 Å². The monoisotopic (exact) mass is 405 g/mol. The number of rotatable bonds is 2. The summed E-state index contributed by atoms with van der Waals surface area (Å²) in [5, 5.41) is 0. The average Bonchev–Trinajstić information content (AvgIpc) is 3.02. The van der Waals surface area contributed by atoms with E-state index >= 15 is 0 Å². The lowest BCUT2D eigenvalue weighted by molar-refractivity contribution is -0.134. The van der Waals surface area contributed by atoms with Crippen LogP contribution in [-0.2, 0) is 9.59 Å². The van der Waals surface area contributed by atoms with E-state index in [0.29, 0.717) is 41.7 Å². The molecule has 1 aromatic rings. The van der Waals surface area contributed by atoms with Gasteiger partial charge in [0.25, 0.3) is 0 Å². The number of hydrogen-bond acceptors (Lipinski definition) is 3. The molecule has 4 aliphatic rings. The molecule has 30 heavy (non-hydrogen) atoms. The van der Waals surface area contributed by atoms with Crippen LogP contribution in [0.2, 0.25) is 0 Å². The van der Waals surface area contributed by atoms with Crippen LogP contribution in [0.3, 0.4) is 0 Å². The van der Waals surface area contributed by atoms with Crippen LogP contribution in [0.5, 0.6) is 0 Å². The molecule has 0 N–H and O–H groups in total. The Morgan fingerprint density at radius 3 is 2.37 bits per heavy atom. The van der Waals surface area contributed by atoms with Crippen LogP contribution in [0.4, 0.5) is 5.69 Å². The summed E-state index contributed by atoms with van der Waals surface area (Å²) in [5.74, 6) is 2.82. The number of carbonyl (C=O) groups is 2. The third-order valence-electron chi connectivity index (χ3n) is 9.47. The lowest BCUT2D eigenvalue weighted by Crippen LogP contribution is -2.53. The second-order valence-corrected chi connectivity index (χ2v) is 11.1. The van der Waals surface area contributed by atoms with Crippen LogP contribution < -0.4 is 4.90 Å². The molecule has 6 unspecified atom stereocenters. The highest BCUT2D eigenvalue weighted by Crippen LogP contribution is 2.68. The van der Waals surface area contributed by atoms with Crippen molar-refractivity contribution in [3.63, 3.8) is 0 Å². The van der Waals surface area contributed by atoms with Gasteiger partial charge in [-0.05, 0) is 85.0 Å². The first-order valence-electron chi connectivity index (χ1n) is 11.8. The quantitative estimate of drug-likeness (QED) is 0.648. The third kappa shape index (κ3) is 2.77. The van der Waals surface area contributed by atoms with E-state index in [0.717, 1.165) is 38.5 Å². The maximum atomic E-state index is 13.1. The molecule has 0 saturated heterocycles. The Morgan fingerprint density at radius 2 is 1.67 bits per heavy atom. The highest BCUT2D eigenvalue weighted by atomic mass is 16.1. The van der Waals surface area contributed by atoms with Crippen LogP contribution >= 0.6 is 0 Å². The highest BCUT2D eigenvalue weighted by molar-refractivity contribution is 5.91. The molecule has 5 rings (SSSR count). The molecule has 6 atom stereocenters. The number of carbonyl (C=O) groups excluding carboxylic acids is 2. The van der Waals surface area contributed by atoms with Gasteiger partial charge in [0.1, 0.15) is 5.78 Å². The molecule has 0 amide bonds. The predicted octanol–water partition coefficient (Wildman–Crippen LogP) is 5.55. The van der Waals surface area contributed by atoms with E-state index in [1.165, 1.54) is 16.8 Å². The van der Waals surface area contributed by atoms with Crippen LogP contribution in [-0.4, -0.2) is 25.7 Å². The van der Waals surface area contributed by atoms with Gasteiger partial charge in [0, 0.05) is 38.0 Å². The number of allylic oxidation sites excluding steroid dienone is 1. The van der Waals surface area contributed by atoms with Crippen molar-refractivity contribution in [3.05, 3.63) is 41.5 Å². The van der Waals surface area contributed by atoms with E-state index in [2.05, 4.69) is 57.1 Å². The number of nitrogens with zero attached hydrogens (tertiary/aromatic N) is 1. The Labute approximate surface area is 180 Å². The molecule has 160 valence electrons. The van der Waals surface area contributed by atoms with E-state index in [1.54, 1.807) is 0 Å². The van der Waals surface area contributed by atoms with Crippen LogP contribution in [0.25, 0.3) is 0 Å². The minimum atomic E-state index is -0.173. The molecule has 0 aliphatic heterocycles. The number of hydrogen-bond donors (Lipinski definition) is 0. The summed E-state index contributed by atoms with van der Waals surface area (Å²) >= 11 is 0. The van der Waals surface area contributed by atoms with Gasteiger partial charge in [-0.15, -0.1) is 0 Å². The van der Waals surface area contributed by atoms with Crippen molar-refractivity contribution in [1.29, 1.82) is 0 Å². The van der Waals surface area contributed by atoms with Gasteiger partial charge in [-0.3, -0.25) is 9.59 Å². The number of benzene rings is 1. The second kappa shape index (κ2) is 6.80. The maximum Gasteiger partial charge on any atom is 0.155 e. The van der Waals surface area contributed by atoms with E-state index in [9.17, 15) is 9.59 Å². The Bertz CT molecular complexity index is 913. The minimum absolute atomic E-state index is 0.0919. The molecule has 0 spiro atoms. The van der Waals surface area contributed by atoms with Crippen LogP contribution in [0, 0.1) is 28.6 Å². The number of ketones is 2. The van der Waals surface area contributed by atoms with Crippen LogP contribution in [0.1, 0.15) is 70.3 Å². The Balaban J connectivity index is 1.62. The summed E-state index contributed by atoms with van der Waals surface area (Å²) in [6.45, 7) is 4.70. The zero-order chi connectivity index (χ0) is 21.3. The van der Waals surface area contributed by atoms with Gasteiger partial charge in [-0.2, -0.15) is 0 Å². The molecule has 0 bridgehead atoms. The van der Waals surface area contributed by atoms with E-state index < -0.39 is 0 Å². The SMILES string of the molecule is CN(C)c1ccc(C2CC3(C)C(=O)CCC3C3CCC4=CC(=O)CCC4(C)C23)cc1. The Kier molecular flexibility index (Phi) is 4.54. The molecule has 0 aromatic heterocycles. The second-order valence-electron chi connectivity index (χ2n) is 11.1. The van der Waals surface area contributed by atoms with Gasteiger partial charge in [0.05, 0.1) is 0 Å². The van der Waals surface area contributed by atoms with Gasteiger partial charge in [0.2, 0.25) is 0 Å². The van der Waals surface area contributed by atoms with Crippen molar-refractivity contribution in [3.8, 4) is 0 Å². The minimum Gasteiger partial charge on any atom is -0.378 e. The van der Waals surface area contributed by atoms with Crippen molar-refractivity contribution >= 4 is 17.3 Å². The molecule has 3 saturated carbocycles. The lowest BCUT2D eigenvalue weighted by atomic mass is 9.44. The molecule has 0 radical (unpaired) electrons. The third-order valence-corrected chi connectivity index (χ3v) is 9.47. The summed E-state index contributed by atoms with van der Waals surface area (Å²) in [7, 11) is 4.15. The predicted molar refractivity (Wildman–Crippen MR) is 121 cm³/mol. The lowest BCUT2D eigenvalue weighted by Gasteiger charge is -2.60. The van der Waals surface area contributed by atoms with Gasteiger partial charge in [-0.1, -0.05) is 31.6 Å². The largest absolute Gasteiger partial charge is 0.378 e. The normalized spacial score (nSPS) is 40.3. The fourth-order valence-electron chi connectivity index (χ4n) is 7.86. The van der Waals surface area contributed by atoms with Gasteiger partial charge < -0.3 is 4.90 Å². The Hall–Kier alpha value is -1.90. The van der Waals surface area contributed by atoms with Gasteiger partial charge in [-0.25, -0.2) is 0 Å². The van der Waals surface area contributed by atoms with Crippen molar-refractivity contribution in [2.75, 3.05) is 19.0 Å². The molecule has 0 heterocycles. The van der Waals surface area contributed by atoms with Crippen molar-refractivity contribution < 1.29 is 9.59 Å². The molecule has 3 heteroatoms. The zero-order valence-corrected chi connectivity index (χ0v) is 18.9. The molecule has 3 nitrogen and oxygen atoms in total. The zero-order valence-electron chi connectivity index (χ0n) is 18.9. The first-order chi connectivity index (χ1) is 14.2. The molecule has 3 fully saturated rings. The summed E-state index contributed by atoms with van der Waals surface area (Å²) in [4.78, 5) is 27.4. The Morgan fingerprint density at radius 1 is 0.933 bits per heavy atom. The number of fused-ring (bicyclic) bond motifs is 5. The molecular formula is C27H35NO2. The van der Waals surface area contributed by atoms with E-state index in [1.807, 2.05) is 6.08 Å². The standard InChI is InChI=1S/C27H35NO2/c1-26-14-13-20(29)15-18(26)7-10-21-23-11-12-24(30)27(23,2)16-22(25(21)26)17-5-8-19(9-6-17)28(3)4/h5-6,8-9,15,21-23,25H,7,10-14,16H2,1-4H3. The fourth-order valence-corrected chi connectivity index (χ4v) is 7.86. The van der Waals surface area contributed by atoms with Gasteiger partial charge >= 0.3 is 0 Å². The topological polar surface area (TPSA) is 37.4 Å². The van der Waals surface area contributed by atoms with E-state index in [4.69, 9.17) is 0 Å². The maximum absolute atomic E-state index is 13.1.